The Hall–Kier alpha value is -4.01. The first-order chi connectivity index (χ1) is 19.7. The first kappa shape index (κ1) is 27.2. The second-order valence-electron chi connectivity index (χ2n) is 10.2. The van der Waals surface area contributed by atoms with E-state index in [9.17, 15) is 21.6 Å². The summed E-state index contributed by atoms with van der Waals surface area (Å²) in [6.45, 7) is 1.07. The van der Waals surface area contributed by atoms with Gasteiger partial charge in [0.25, 0.3) is 0 Å². The van der Waals surface area contributed by atoms with Gasteiger partial charge in [0, 0.05) is 24.7 Å². The fourth-order valence-corrected chi connectivity index (χ4v) is 7.05. The standard InChI is InChI=1S/C33H27F3N2O2S/c34-33(35,36)30-13-7-12-29-31(27(22-37-32(29)30)20-23-8-2-1-3-9-23)26-11-6-10-25(21-26)24-14-16-28(17-15-24)41(39,40)38-18-4-5-19-38/h1-3,6-17,21-22H,4-5,18-20H2. The maximum atomic E-state index is 13.9. The van der Waals surface area contributed by atoms with Gasteiger partial charge in [-0.15, -0.1) is 0 Å². The Labute approximate surface area is 237 Å². The van der Waals surface area contributed by atoms with E-state index in [1.807, 2.05) is 54.6 Å². The van der Waals surface area contributed by atoms with Crippen LogP contribution in [0, 0.1) is 0 Å². The van der Waals surface area contributed by atoms with Gasteiger partial charge < -0.3 is 0 Å². The third kappa shape index (κ3) is 5.37. The minimum atomic E-state index is -4.54. The van der Waals surface area contributed by atoms with E-state index in [4.69, 9.17) is 0 Å². The molecular formula is C33H27F3N2O2S. The monoisotopic (exact) mass is 572 g/mol. The van der Waals surface area contributed by atoms with Crippen molar-refractivity contribution in [3.8, 4) is 22.3 Å². The molecule has 0 radical (unpaired) electrons. The van der Waals surface area contributed by atoms with Crippen LogP contribution < -0.4 is 0 Å². The maximum absolute atomic E-state index is 13.9. The van der Waals surface area contributed by atoms with Crippen molar-refractivity contribution < 1.29 is 21.6 Å². The van der Waals surface area contributed by atoms with Gasteiger partial charge in [0.1, 0.15) is 0 Å². The molecule has 0 aliphatic carbocycles. The fraction of sp³-hybridized carbons (Fsp3) is 0.182. The van der Waals surface area contributed by atoms with Crippen LogP contribution in [0.5, 0.6) is 0 Å². The van der Waals surface area contributed by atoms with E-state index in [-0.39, 0.29) is 10.4 Å². The average molecular weight is 573 g/mol. The third-order valence-electron chi connectivity index (χ3n) is 7.56. The Morgan fingerprint density at radius 3 is 2.15 bits per heavy atom. The van der Waals surface area contributed by atoms with Gasteiger partial charge in [-0.25, -0.2) is 8.42 Å². The van der Waals surface area contributed by atoms with Crippen LogP contribution >= 0.6 is 0 Å². The number of para-hydroxylation sites is 1. The highest BCUT2D eigenvalue weighted by Gasteiger charge is 2.34. The molecule has 41 heavy (non-hydrogen) atoms. The van der Waals surface area contributed by atoms with Crippen molar-refractivity contribution in [1.82, 2.24) is 9.29 Å². The zero-order chi connectivity index (χ0) is 28.6. The molecule has 0 N–H and O–H groups in total. The number of pyridine rings is 1. The minimum absolute atomic E-state index is 0.0892. The Bertz CT molecular complexity index is 1810. The lowest BCUT2D eigenvalue weighted by atomic mass is 9.90. The second kappa shape index (κ2) is 10.8. The van der Waals surface area contributed by atoms with Crippen LogP contribution in [0.4, 0.5) is 13.2 Å². The zero-order valence-corrected chi connectivity index (χ0v) is 22.9. The van der Waals surface area contributed by atoms with Gasteiger partial charge in [-0.05, 0) is 76.9 Å². The number of hydrogen-bond acceptors (Lipinski definition) is 3. The van der Waals surface area contributed by atoms with Gasteiger partial charge in [0.15, 0.2) is 0 Å². The number of alkyl halides is 3. The second-order valence-corrected chi connectivity index (χ2v) is 12.2. The van der Waals surface area contributed by atoms with E-state index in [1.54, 1.807) is 36.5 Å². The Morgan fingerprint density at radius 2 is 1.44 bits per heavy atom. The van der Waals surface area contributed by atoms with Crippen LogP contribution in [-0.4, -0.2) is 30.8 Å². The normalized spacial score (nSPS) is 14.5. The number of aromatic nitrogens is 1. The number of sulfonamides is 1. The molecule has 0 bridgehead atoms. The smallest absolute Gasteiger partial charge is 0.255 e. The summed E-state index contributed by atoms with van der Waals surface area (Å²) in [5.41, 5.74) is 4.07. The summed E-state index contributed by atoms with van der Waals surface area (Å²) in [6.07, 6.45) is -0.758. The Balaban J connectivity index is 1.45. The molecule has 0 spiro atoms. The predicted molar refractivity (Wildman–Crippen MR) is 155 cm³/mol. The van der Waals surface area contributed by atoms with Gasteiger partial charge in [-0.3, -0.25) is 4.98 Å². The largest absolute Gasteiger partial charge is 0.418 e. The lowest BCUT2D eigenvalue weighted by Gasteiger charge is -2.17. The van der Waals surface area contributed by atoms with Crippen molar-refractivity contribution in [3.05, 3.63) is 120 Å². The fourth-order valence-electron chi connectivity index (χ4n) is 5.53. The lowest BCUT2D eigenvalue weighted by molar-refractivity contribution is -0.136. The Morgan fingerprint density at radius 1 is 0.756 bits per heavy atom. The highest BCUT2D eigenvalue weighted by atomic mass is 32.2. The molecule has 4 nitrogen and oxygen atoms in total. The molecule has 208 valence electrons. The van der Waals surface area contributed by atoms with Crippen molar-refractivity contribution in [1.29, 1.82) is 0 Å². The summed E-state index contributed by atoms with van der Waals surface area (Å²) in [7, 11) is -3.53. The molecule has 1 aliphatic rings. The van der Waals surface area contributed by atoms with Crippen LogP contribution in [0.1, 0.15) is 29.5 Å². The topological polar surface area (TPSA) is 50.3 Å². The third-order valence-corrected chi connectivity index (χ3v) is 9.47. The molecule has 4 aromatic carbocycles. The van der Waals surface area contributed by atoms with Crippen LogP contribution in [0.15, 0.2) is 108 Å². The molecule has 5 aromatic rings. The van der Waals surface area contributed by atoms with Gasteiger partial charge >= 0.3 is 6.18 Å². The molecule has 1 fully saturated rings. The van der Waals surface area contributed by atoms with Crippen LogP contribution in [0.25, 0.3) is 33.2 Å². The van der Waals surface area contributed by atoms with Crippen molar-refractivity contribution >= 4 is 20.9 Å². The van der Waals surface area contributed by atoms with E-state index in [0.29, 0.717) is 30.5 Å². The molecule has 8 heteroatoms. The first-order valence-electron chi connectivity index (χ1n) is 13.4. The summed E-state index contributed by atoms with van der Waals surface area (Å²) in [5.74, 6) is 0. The summed E-state index contributed by atoms with van der Waals surface area (Å²) < 4.78 is 69.2. The average Bonchev–Trinajstić information content (AvgIpc) is 3.53. The van der Waals surface area contributed by atoms with Gasteiger partial charge in [0.2, 0.25) is 10.0 Å². The number of rotatable bonds is 6. The number of fused-ring (bicyclic) bond motifs is 1. The SMILES string of the molecule is O=S(=O)(c1ccc(-c2cccc(-c3c(Cc4ccccc4)cnc4c(C(F)(F)F)cccc34)c2)cc1)N1CCCC1. The summed E-state index contributed by atoms with van der Waals surface area (Å²) >= 11 is 0. The summed E-state index contributed by atoms with van der Waals surface area (Å²) in [4.78, 5) is 4.55. The number of halogens is 3. The summed E-state index contributed by atoms with van der Waals surface area (Å²) in [6, 6.07) is 28.3. The number of benzene rings is 4. The molecule has 2 heterocycles. The van der Waals surface area contributed by atoms with Gasteiger partial charge in [0.05, 0.1) is 16.0 Å². The molecular weight excluding hydrogens is 545 g/mol. The lowest BCUT2D eigenvalue weighted by Crippen LogP contribution is -2.27. The van der Waals surface area contributed by atoms with Crippen molar-refractivity contribution in [2.45, 2.75) is 30.3 Å². The first-order valence-corrected chi connectivity index (χ1v) is 14.9. The molecule has 0 saturated carbocycles. The van der Waals surface area contributed by atoms with E-state index in [0.717, 1.165) is 46.7 Å². The highest BCUT2D eigenvalue weighted by Crippen LogP contribution is 2.40. The van der Waals surface area contributed by atoms with Gasteiger partial charge in [-0.1, -0.05) is 72.8 Å². The maximum Gasteiger partial charge on any atom is 0.418 e. The van der Waals surface area contributed by atoms with Crippen LogP contribution in [-0.2, 0) is 22.6 Å². The molecule has 0 unspecified atom stereocenters. The number of hydrogen-bond donors (Lipinski definition) is 0. The quantitative estimate of drug-likeness (QED) is 0.207. The Kier molecular flexibility index (Phi) is 7.13. The molecule has 0 atom stereocenters. The minimum Gasteiger partial charge on any atom is -0.255 e. The van der Waals surface area contributed by atoms with Crippen molar-refractivity contribution in [2.24, 2.45) is 0 Å². The molecule has 1 aromatic heterocycles. The van der Waals surface area contributed by atoms with Crippen LogP contribution in [0.2, 0.25) is 0 Å². The molecule has 1 saturated heterocycles. The van der Waals surface area contributed by atoms with E-state index >= 15 is 0 Å². The van der Waals surface area contributed by atoms with Crippen molar-refractivity contribution in [3.63, 3.8) is 0 Å². The van der Waals surface area contributed by atoms with E-state index in [2.05, 4.69) is 4.98 Å². The van der Waals surface area contributed by atoms with Crippen molar-refractivity contribution in [2.75, 3.05) is 13.1 Å². The number of nitrogens with zero attached hydrogens (tertiary/aromatic N) is 2. The van der Waals surface area contributed by atoms with Crippen LogP contribution in [0.3, 0.4) is 0 Å². The molecule has 0 amide bonds. The summed E-state index contributed by atoms with van der Waals surface area (Å²) in [5, 5.41) is 0.428. The van der Waals surface area contributed by atoms with E-state index < -0.39 is 21.8 Å². The van der Waals surface area contributed by atoms with E-state index in [1.165, 1.54) is 10.4 Å². The molecule has 1 aliphatic heterocycles. The molecule has 6 rings (SSSR count). The zero-order valence-electron chi connectivity index (χ0n) is 22.1. The predicted octanol–water partition coefficient (Wildman–Crippen LogP) is 7.96. The van der Waals surface area contributed by atoms with Gasteiger partial charge in [-0.2, -0.15) is 17.5 Å². The highest BCUT2D eigenvalue weighted by molar-refractivity contribution is 7.89.